The highest BCUT2D eigenvalue weighted by atomic mass is 19.4. The van der Waals surface area contributed by atoms with Crippen molar-refractivity contribution in [1.29, 1.82) is 0 Å². The first-order chi connectivity index (χ1) is 9.20. The number of halogens is 3. The minimum Gasteiger partial charge on any atom is -0.497 e. The monoisotopic (exact) mass is 294 g/mol. The summed E-state index contributed by atoms with van der Waals surface area (Å²) in [6.07, 6.45) is -5.08. The van der Waals surface area contributed by atoms with E-state index in [0.717, 1.165) is 18.0 Å². The highest BCUT2D eigenvalue weighted by Gasteiger charge is 2.38. The second-order valence-corrected chi connectivity index (χ2v) is 3.66. The van der Waals surface area contributed by atoms with Gasteiger partial charge in [0, 0.05) is 19.3 Å². The van der Waals surface area contributed by atoms with Crippen molar-refractivity contribution in [3.05, 3.63) is 24.3 Å². The number of hydrogen-bond acceptors (Lipinski definition) is 4. The van der Waals surface area contributed by atoms with E-state index in [1.165, 1.54) is 0 Å². The second-order valence-electron chi connectivity index (χ2n) is 3.66. The number of carboxylic acid groups (broad SMARTS) is 1. The molecule has 20 heavy (non-hydrogen) atoms. The van der Waals surface area contributed by atoms with Gasteiger partial charge in [0.15, 0.2) is 0 Å². The number of ether oxygens (including phenoxy) is 1. The zero-order chi connectivity index (χ0) is 15.8. The Kier molecular flexibility index (Phi) is 7.45. The number of nitrogens with zero attached hydrogens (tertiary/aromatic N) is 1. The molecule has 1 aromatic rings. The minimum absolute atomic E-state index is 0.879. The van der Waals surface area contributed by atoms with Gasteiger partial charge in [0.2, 0.25) is 0 Å². The van der Waals surface area contributed by atoms with E-state index in [0.29, 0.717) is 0 Å². The predicted octanol–water partition coefficient (Wildman–Crippen LogP) is 2.61. The van der Waals surface area contributed by atoms with Crippen LogP contribution in [0.1, 0.15) is 6.92 Å². The summed E-state index contributed by atoms with van der Waals surface area (Å²) in [7, 11) is 3.67. The van der Waals surface area contributed by atoms with Gasteiger partial charge < -0.3 is 15.3 Å². The zero-order valence-corrected chi connectivity index (χ0v) is 11.4. The van der Waals surface area contributed by atoms with Crippen LogP contribution < -0.4 is 10.2 Å². The van der Waals surface area contributed by atoms with E-state index in [4.69, 9.17) is 14.6 Å². The van der Waals surface area contributed by atoms with Crippen molar-refractivity contribution >= 4 is 11.7 Å². The Balaban J connectivity index is 0.000000441. The van der Waals surface area contributed by atoms with Crippen LogP contribution in [-0.4, -0.2) is 43.0 Å². The number of carbonyl (C=O) groups is 1. The molecule has 5 nitrogen and oxygen atoms in total. The maximum atomic E-state index is 10.6. The topological polar surface area (TPSA) is 61.8 Å². The quantitative estimate of drug-likeness (QED) is 0.836. The molecule has 1 aromatic carbocycles. The third kappa shape index (κ3) is 7.47. The summed E-state index contributed by atoms with van der Waals surface area (Å²) in [6.45, 7) is 3.06. The van der Waals surface area contributed by atoms with E-state index in [9.17, 15) is 13.2 Å². The second kappa shape index (κ2) is 8.26. The zero-order valence-electron chi connectivity index (χ0n) is 11.4. The van der Waals surface area contributed by atoms with E-state index in [2.05, 4.69) is 12.3 Å². The van der Waals surface area contributed by atoms with Crippen molar-refractivity contribution in [3.8, 4) is 5.75 Å². The summed E-state index contributed by atoms with van der Waals surface area (Å²) in [5, 5.41) is 9.14. The number of anilines is 1. The molecule has 0 atom stereocenters. The summed E-state index contributed by atoms with van der Waals surface area (Å²) in [5.74, 6) is -1.88. The van der Waals surface area contributed by atoms with Gasteiger partial charge >= 0.3 is 12.1 Å². The third-order valence-corrected chi connectivity index (χ3v) is 2.13. The summed E-state index contributed by atoms with van der Waals surface area (Å²) in [6, 6.07) is 7.85. The fourth-order valence-corrected chi connectivity index (χ4v) is 0.965. The summed E-state index contributed by atoms with van der Waals surface area (Å²) < 4.78 is 36.8. The molecule has 0 aliphatic rings. The lowest BCUT2D eigenvalue weighted by Gasteiger charge is -2.16. The molecule has 0 bridgehead atoms. The Morgan fingerprint density at radius 1 is 1.35 bits per heavy atom. The van der Waals surface area contributed by atoms with Gasteiger partial charge in [-0.15, -0.1) is 0 Å². The molecule has 0 saturated carbocycles. The molecular weight excluding hydrogens is 277 g/mol. The first-order valence-corrected chi connectivity index (χ1v) is 5.62. The molecule has 0 amide bonds. The molecule has 0 aliphatic carbocycles. The molecule has 0 aliphatic heterocycles. The Bertz CT molecular complexity index is 407. The number of aliphatic carboxylic acids is 1. The molecule has 0 aromatic heterocycles. The van der Waals surface area contributed by atoms with Crippen LogP contribution in [0.3, 0.4) is 0 Å². The molecule has 0 spiro atoms. The number of nitrogens with one attached hydrogen (secondary N) is 1. The van der Waals surface area contributed by atoms with Crippen LogP contribution in [-0.2, 0) is 4.79 Å². The Morgan fingerprint density at radius 3 is 2.10 bits per heavy atom. The maximum absolute atomic E-state index is 10.6. The number of alkyl halides is 3. The van der Waals surface area contributed by atoms with Crippen molar-refractivity contribution in [2.75, 3.05) is 26.1 Å². The average Bonchev–Trinajstić information content (AvgIpc) is 2.39. The standard InChI is InChI=1S/C10H16N2O.C2HF3O2/c1-4-12(2)11-9-5-7-10(13-3)8-6-9;3-2(4,5)1(6)7/h5-8,11H,4H2,1-3H3;(H,6,7). The fourth-order valence-electron chi connectivity index (χ4n) is 0.965. The number of benzene rings is 1. The first-order valence-electron chi connectivity index (χ1n) is 5.62. The lowest BCUT2D eigenvalue weighted by atomic mass is 10.3. The minimum atomic E-state index is -5.08. The van der Waals surface area contributed by atoms with Gasteiger partial charge in [0.1, 0.15) is 5.75 Å². The Hall–Kier alpha value is -1.96. The molecular formula is C12H17F3N2O3. The van der Waals surface area contributed by atoms with Crippen molar-refractivity contribution in [1.82, 2.24) is 5.01 Å². The Labute approximate surface area is 114 Å². The van der Waals surface area contributed by atoms with Crippen LogP contribution in [0.4, 0.5) is 18.9 Å². The molecule has 8 heteroatoms. The fraction of sp³-hybridized carbons (Fsp3) is 0.417. The molecule has 0 saturated heterocycles. The SMILES string of the molecule is CCN(C)Nc1ccc(OC)cc1.O=C(O)C(F)(F)F. The van der Waals surface area contributed by atoms with E-state index in [1.54, 1.807) is 7.11 Å². The number of carboxylic acids is 1. The normalized spacial score (nSPS) is 10.6. The largest absolute Gasteiger partial charge is 0.497 e. The van der Waals surface area contributed by atoms with Gasteiger partial charge in [-0.05, 0) is 24.3 Å². The van der Waals surface area contributed by atoms with Crippen LogP contribution in [0.25, 0.3) is 0 Å². The van der Waals surface area contributed by atoms with Gasteiger partial charge in [-0.3, -0.25) is 0 Å². The van der Waals surface area contributed by atoms with Crippen molar-refractivity contribution in [3.63, 3.8) is 0 Å². The van der Waals surface area contributed by atoms with Gasteiger partial charge in [-0.1, -0.05) is 6.92 Å². The molecule has 0 radical (unpaired) electrons. The average molecular weight is 294 g/mol. The number of hydrazine groups is 1. The van der Waals surface area contributed by atoms with Crippen LogP contribution in [0.5, 0.6) is 5.75 Å². The van der Waals surface area contributed by atoms with Gasteiger partial charge in [-0.2, -0.15) is 13.2 Å². The smallest absolute Gasteiger partial charge is 0.490 e. The number of methoxy groups -OCH3 is 1. The summed E-state index contributed by atoms with van der Waals surface area (Å²) >= 11 is 0. The van der Waals surface area contributed by atoms with Gasteiger partial charge in [0.25, 0.3) is 0 Å². The lowest BCUT2D eigenvalue weighted by molar-refractivity contribution is -0.192. The van der Waals surface area contributed by atoms with Crippen LogP contribution in [0, 0.1) is 0 Å². The maximum Gasteiger partial charge on any atom is 0.490 e. The molecule has 1 rings (SSSR count). The van der Waals surface area contributed by atoms with E-state index in [1.807, 2.05) is 36.3 Å². The van der Waals surface area contributed by atoms with Crippen molar-refractivity contribution in [2.45, 2.75) is 13.1 Å². The number of rotatable bonds is 4. The third-order valence-electron chi connectivity index (χ3n) is 2.13. The molecule has 0 unspecified atom stereocenters. The molecule has 0 fully saturated rings. The molecule has 0 heterocycles. The van der Waals surface area contributed by atoms with Crippen LogP contribution in [0.15, 0.2) is 24.3 Å². The highest BCUT2D eigenvalue weighted by Crippen LogP contribution is 2.15. The van der Waals surface area contributed by atoms with Crippen LogP contribution >= 0.6 is 0 Å². The Morgan fingerprint density at radius 2 is 1.80 bits per heavy atom. The van der Waals surface area contributed by atoms with Gasteiger partial charge in [-0.25, -0.2) is 9.80 Å². The van der Waals surface area contributed by atoms with E-state index < -0.39 is 12.1 Å². The first kappa shape index (κ1) is 18.0. The lowest BCUT2D eigenvalue weighted by Crippen LogP contribution is -2.24. The van der Waals surface area contributed by atoms with E-state index in [-0.39, 0.29) is 0 Å². The number of hydrogen-bond donors (Lipinski definition) is 2. The van der Waals surface area contributed by atoms with Crippen molar-refractivity contribution in [2.24, 2.45) is 0 Å². The summed E-state index contributed by atoms with van der Waals surface area (Å²) in [5.41, 5.74) is 4.29. The predicted molar refractivity (Wildman–Crippen MR) is 68.6 cm³/mol. The van der Waals surface area contributed by atoms with Crippen molar-refractivity contribution < 1.29 is 27.8 Å². The molecule has 2 N–H and O–H groups in total. The van der Waals surface area contributed by atoms with E-state index >= 15 is 0 Å². The molecule has 114 valence electrons. The highest BCUT2D eigenvalue weighted by molar-refractivity contribution is 5.73. The van der Waals surface area contributed by atoms with Gasteiger partial charge in [0.05, 0.1) is 7.11 Å². The van der Waals surface area contributed by atoms with Crippen LogP contribution in [0.2, 0.25) is 0 Å². The summed E-state index contributed by atoms with van der Waals surface area (Å²) in [4.78, 5) is 8.90.